The van der Waals surface area contributed by atoms with Crippen LogP contribution >= 0.6 is 15.9 Å². The molecule has 1 aliphatic carbocycles. The molecule has 1 fully saturated rings. The molecule has 0 bridgehead atoms. The Hall–Kier alpha value is -2.78. The SMILES string of the molecule is C/C=N\N=C(/C(C)C)[C@]1(c2cccc(Cc3ccc4c(C(F)(F)F)cc(Br)cn4c3=O)c2)C[C@H](OC)C1. The van der Waals surface area contributed by atoms with Crippen molar-refractivity contribution in [3.05, 3.63) is 85.7 Å². The monoisotopic (exact) mass is 575 g/mol. The van der Waals surface area contributed by atoms with Gasteiger partial charge in [-0.15, -0.1) is 0 Å². The molecule has 2 heterocycles. The van der Waals surface area contributed by atoms with Crippen molar-refractivity contribution in [2.45, 2.75) is 57.7 Å². The Labute approximate surface area is 222 Å². The van der Waals surface area contributed by atoms with Gasteiger partial charge in [0.25, 0.3) is 5.56 Å². The molecule has 1 saturated carbocycles. The van der Waals surface area contributed by atoms with Crippen molar-refractivity contribution in [1.82, 2.24) is 4.40 Å². The minimum absolute atomic E-state index is 0.115. The lowest BCUT2D eigenvalue weighted by molar-refractivity contribution is -0.136. The number of fused-ring (bicyclic) bond motifs is 1. The molecular weight excluding hydrogens is 547 g/mol. The maximum absolute atomic E-state index is 13.6. The quantitative estimate of drug-likeness (QED) is 0.229. The van der Waals surface area contributed by atoms with Gasteiger partial charge in [-0.05, 0) is 64.9 Å². The van der Waals surface area contributed by atoms with Crippen LogP contribution in [0.3, 0.4) is 0 Å². The van der Waals surface area contributed by atoms with Gasteiger partial charge in [-0.25, -0.2) is 0 Å². The molecule has 0 aliphatic heterocycles. The topological polar surface area (TPSA) is 55.4 Å². The second kappa shape index (κ2) is 10.5. The van der Waals surface area contributed by atoms with Crippen LogP contribution in [0.15, 0.2) is 68.1 Å². The van der Waals surface area contributed by atoms with Gasteiger partial charge < -0.3 is 4.74 Å². The van der Waals surface area contributed by atoms with Crippen molar-refractivity contribution in [3.8, 4) is 0 Å². The third kappa shape index (κ3) is 5.29. The maximum atomic E-state index is 13.6. The first-order chi connectivity index (χ1) is 17.5. The highest BCUT2D eigenvalue weighted by molar-refractivity contribution is 9.10. The lowest BCUT2D eigenvalue weighted by atomic mass is 9.58. The highest BCUT2D eigenvalue weighted by Gasteiger charge is 2.50. The summed E-state index contributed by atoms with van der Waals surface area (Å²) in [6.07, 6.45) is 0.409. The molecule has 2 aromatic heterocycles. The summed E-state index contributed by atoms with van der Waals surface area (Å²) in [7, 11) is 1.71. The standard InChI is InChI=1S/C28H29BrF3N3O2/c1-5-33-34-25(17(2)3)27(14-22(15-27)37-4)20-8-6-7-18(12-20)11-19-9-10-24-23(28(30,31)32)13-21(29)16-35(24)26(19)36/h5-10,12-13,16-17,22H,11,14-15H2,1-4H3/b33-5-,34-25+/t22-,27+. The molecule has 0 spiro atoms. The third-order valence-corrected chi connectivity index (χ3v) is 7.42. The number of rotatable bonds is 7. The van der Waals surface area contributed by atoms with Gasteiger partial charge in [0.05, 0.1) is 22.9 Å². The van der Waals surface area contributed by atoms with Gasteiger partial charge in [-0.3, -0.25) is 9.20 Å². The molecule has 0 N–H and O–H groups in total. The summed E-state index contributed by atoms with van der Waals surface area (Å²) in [6.45, 7) is 6.02. The summed E-state index contributed by atoms with van der Waals surface area (Å²) in [5.74, 6) is 0.163. The molecule has 0 atom stereocenters. The largest absolute Gasteiger partial charge is 0.418 e. The van der Waals surface area contributed by atoms with Crippen LogP contribution in [0.5, 0.6) is 0 Å². The predicted molar refractivity (Wildman–Crippen MR) is 144 cm³/mol. The van der Waals surface area contributed by atoms with Crippen LogP contribution in [0.2, 0.25) is 0 Å². The van der Waals surface area contributed by atoms with E-state index in [2.05, 4.69) is 52.1 Å². The van der Waals surface area contributed by atoms with Crippen LogP contribution in [-0.2, 0) is 22.7 Å². The van der Waals surface area contributed by atoms with Crippen molar-refractivity contribution in [3.63, 3.8) is 0 Å². The van der Waals surface area contributed by atoms with E-state index in [4.69, 9.17) is 4.74 Å². The summed E-state index contributed by atoms with van der Waals surface area (Å²) in [6, 6.07) is 11.8. The number of nitrogens with zero attached hydrogens (tertiary/aromatic N) is 3. The molecule has 0 saturated heterocycles. The number of halogens is 4. The number of methoxy groups -OCH3 is 1. The molecule has 9 heteroatoms. The molecule has 196 valence electrons. The third-order valence-electron chi connectivity index (χ3n) is 6.99. The van der Waals surface area contributed by atoms with Crippen LogP contribution in [0.1, 0.15) is 55.9 Å². The number of aromatic nitrogens is 1. The maximum Gasteiger partial charge on any atom is 0.418 e. The Kier molecular flexibility index (Phi) is 7.76. The molecule has 1 aliphatic rings. The second-order valence-electron chi connectivity index (χ2n) is 9.73. The Morgan fingerprint density at radius 2 is 1.97 bits per heavy atom. The van der Waals surface area contributed by atoms with Gasteiger partial charge in [-0.1, -0.05) is 44.2 Å². The molecule has 0 unspecified atom stereocenters. The van der Waals surface area contributed by atoms with E-state index >= 15 is 0 Å². The molecule has 4 rings (SSSR count). The minimum Gasteiger partial charge on any atom is -0.381 e. The van der Waals surface area contributed by atoms with Crippen LogP contribution in [0.4, 0.5) is 13.2 Å². The zero-order valence-corrected chi connectivity index (χ0v) is 22.7. The van der Waals surface area contributed by atoms with Crippen molar-refractivity contribution in [2.75, 3.05) is 7.11 Å². The van der Waals surface area contributed by atoms with Gasteiger partial charge in [0.15, 0.2) is 0 Å². The highest BCUT2D eigenvalue weighted by atomic mass is 79.9. The van der Waals surface area contributed by atoms with Gasteiger partial charge in [0.2, 0.25) is 0 Å². The number of hydrogen-bond acceptors (Lipinski definition) is 4. The van der Waals surface area contributed by atoms with Crippen LogP contribution in [-0.4, -0.2) is 29.5 Å². The summed E-state index contributed by atoms with van der Waals surface area (Å²) in [5.41, 5.74) is 1.51. The van der Waals surface area contributed by atoms with E-state index < -0.39 is 17.3 Å². The predicted octanol–water partition coefficient (Wildman–Crippen LogP) is 6.82. The van der Waals surface area contributed by atoms with E-state index in [-0.39, 0.29) is 33.8 Å². The zero-order chi connectivity index (χ0) is 27.0. The van der Waals surface area contributed by atoms with E-state index in [1.165, 1.54) is 18.3 Å². The van der Waals surface area contributed by atoms with Crippen molar-refractivity contribution in [2.24, 2.45) is 16.1 Å². The smallest absolute Gasteiger partial charge is 0.381 e. The molecule has 0 amide bonds. The fourth-order valence-electron chi connectivity index (χ4n) is 5.24. The molecule has 37 heavy (non-hydrogen) atoms. The van der Waals surface area contributed by atoms with Gasteiger partial charge in [0, 0.05) is 41.4 Å². The number of alkyl halides is 3. The first-order valence-electron chi connectivity index (χ1n) is 12.1. The fourth-order valence-corrected chi connectivity index (χ4v) is 5.67. The number of benzene rings is 1. The number of ether oxygens (including phenoxy) is 1. The van der Waals surface area contributed by atoms with Crippen molar-refractivity contribution >= 4 is 33.4 Å². The normalized spacial score (nSPS) is 20.7. The molecule has 1 aromatic carbocycles. The van der Waals surface area contributed by atoms with E-state index in [1.54, 1.807) is 13.3 Å². The Morgan fingerprint density at radius 3 is 2.59 bits per heavy atom. The Bertz CT molecular complexity index is 1420. The first kappa shape index (κ1) is 27.3. The summed E-state index contributed by atoms with van der Waals surface area (Å²) < 4.78 is 47.5. The van der Waals surface area contributed by atoms with Gasteiger partial charge >= 0.3 is 6.18 Å². The lowest BCUT2D eigenvalue weighted by Gasteiger charge is -2.49. The first-order valence-corrected chi connectivity index (χ1v) is 12.9. The van der Waals surface area contributed by atoms with E-state index in [1.807, 2.05) is 19.1 Å². The average Bonchev–Trinajstić information content (AvgIpc) is 2.81. The highest BCUT2D eigenvalue weighted by Crippen LogP contribution is 2.48. The van der Waals surface area contributed by atoms with Crippen LogP contribution < -0.4 is 5.56 Å². The summed E-state index contributed by atoms with van der Waals surface area (Å²) in [4.78, 5) is 13.2. The van der Waals surface area contributed by atoms with Crippen molar-refractivity contribution < 1.29 is 17.9 Å². The van der Waals surface area contributed by atoms with Crippen molar-refractivity contribution in [1.29, 1.82) is 0 Å². The summed E-state index contributed by atoms with van der Waals surface area (Å²) >= 11 is 3.11. The zero-order valence-electron chi connectivity index (χ0n) is 21.1. The van der Waals surface area contributed by atoms with Crippen LogP contribution in [0.25, 0.3) is 5.52 Å². The van der Waals surface area contributed by atoms with E-state index in [0.717, 1.165) is 40.1 Å². The van der Waals surface area contributed by atoms with E-state index in [9.17, 15) is 18.0 Å². The average molecular weight is 576 g/mol. The number of hydrogen-bond donors (Lipinski definition) is 0. The Morgan fingerprint density at radius 1 is 1.24 bits per heavy atom. The van der Waals surface area contributed by atoms with Gasteiger partial charge in [0.1, 0.15) is 0 Å². The summed E-state index contributed by atoms with van der Waals surface area (Å²) in [5, 5.41) is 8.73. The van der Waals surface area contributed by atoms with Crippen LogP contribution in [0, 0.1) is 5.92 Å². The lowest BCUT2D eigenvalue weighted by Crippen LogP contribution is -2.52. The molecule has 5 nitrogen and oxygen atoms in total. The fraction of sp³-hybridized carbons (Fsp3) is 0.393. The van der Waals surface area contributed by atoms with E-state index in [0.29, 0.717) is 5.56 Å². The second-order valence-corrected chi connectivity index (χ2v) is 10.6. The minimum atomic E-state index is -4.58. The molecule has 3 aromatic rings. The molecule has 0 radical (unpaired) electrons. The number of pyridine rings is 2. The Balaban J connectivity index is 1.76. The molecular formula is C28H29BrF3N3O2. The van der Waals surface area contributed by atoms with Gasteiger partial charge in [-0.2, -0.15) is 23.4 Å².